The first kappa shape index (κ1) is 21.7. The van der Waals surface area contributed by atoms with E-state index < -0.39 is 10.0 Å². The maximum Gasteiger partial charge on any atom is 0.261 e. The minimum absolute atomic E-state index is 0.0984. The topological polar surface area (TPSA) is 84.5 Å². The van der Waals surface area contributed by atoms with Crippen molar-refractivity contribution in [2.45, 2.75) is 18.4 Å². The molecule has 0 saturated carbocycles. The number of ether oxygens (including phenoxy) is 1. The van der Waals surface area contributed by atoms with E-state index >= 15 is 0 Å². The number of anilines is 1. The lowest BCUT2D eigenvalue weighted by molar-refractivity contribution is -0.123. The van der Waals surface area contributed by atoms with E-state index in [0.717, 1.165) is 11.1 Å². The fourth-order valence-electron chi connectivity index (χ4n) is 2.64. The Bertz CT molecular complexity index is 1130. The second kappa shape index (κ2) is 9.65. The second-order valence-electron chi connectivity index (χ2n) is 6.55. The third kappa shape index (κ3) is 5.75. The molecular weight excluding hydrogens is 424 g/mol. The highest BCUT2D eigenvalue weighted by Gasteiger charge is 2.15. The van der Waals surface area contributed by atoms with E-state index in [-0.39, 0.29) is 17.4 Å². The molecule has 0 heterocycles. The summed E-state index contributed by atoms with van der Waals surface area (Å²) in [5.74, 6) is 0.0746. The monoisotopic (exact) mass is 444 g/mol. The first-order valence-electron chi connectivity index (χ1n) is 9.16. The van der Waals surface area contributed by atoms with E-state index in [2.05, 4.69) is 10.0 Å². The molecule has 0 aromatic heterocycles. The number of carbonyl (C=O) groups is 1. The molecule has 3 aromatic rings. The van der Waals surface area contributed by atoms with Gasteiger partial charge in [0.15, 0.2) is 6.61 Å². The fraction of sp³-hybridized carbons (Fsp3) is 0.136. The lowest BCUT2D eigenvalue weighted by Crippen LogP contribution is -2.28. The van der Waals surface area contributed by atoms with Crippen molar-refractivity contribution in [2.24, 2.45) is 0 Å². The van der Waals surface area contributed by atoms with Crippen LogP contribution in [0.2, 0.25) is 5.02 Å². The third-order valence-electron chi connectivity index (χ3n) is 4.33. The van der Waals surface area contributed by atoms with Crippen molar-refractivity contribution in [1.29, 1.82) is 0 Å². The number of sulfonamides is 1. The zero-order valence-electron chi connectivity index (χ0n) is 16.3. The molecule has 30 heavy (non-hydrogen) atoms. The molecule has 8 heteroatoms. The minimum Gasteiger partial charge on any atom is -0.484 e. The number of carbonyl (C=O) groups excluding carboxylic acids is 1. The lowest BCUT2D eigenvalue weighted by atomic mass is 10.2. The molecule has 0 aliphatic carbocycles. The second-order valence-corrected chi connectivity index (χ2v) is 8.64. The number of rotatable bonds is 8. The van der Waals surface area contributed by atoms with Crippen LogP contribution in [0.25, 0.3) is 0 Å². The molecule has 0 saturated heterocycles. The van der Waals surface area contributed by atoms with Crippen molar-refractivity contribution in [3.05, 3.63) is 88.9 Å². The van der Waals surface area contributed by atoms with E-state index in [1.165, 1.54) is 24.3 Å². The van der Waals surface area contributed by atoms with Gasteiger partial charge in [-0.2, -0.15) is 0 Å². The summed E-state index contributed by atoms with van der Waals surface area (Å²) in [4.78, 5) is 12.1. The molecule has 0 atom stereocenters. The van der Waals surface area contributed by atoms with Crippen LogP contribution < -0.4 is 14.8 Å². The number of halogens is 1. The first-order chi connectivity index (χ1) is 14.3. The average molecular weight is 445 g/mol. The number of hydrogen-bond acceptors (Lipinski definition) is 4. The Morgan fingerprint density at radius 1 is 0.967 bits per heavy atom. The molecule has 0 fully saturated rings. The van der Waals surface area contributed by atoms with Crippen LogP contribution in [0.5, 0.6) is 5.75 Å². The summed E-state index contributed by atoms with van der Waals surface area (Å²) in [7, 11) is -3.72. The van der Waals surface area contributed by atoms with Crippen LogP contribution in [0.3, 0.4) is 0 Å². The predicted octanol–water partition coefficient (Wildman–Crippen LogP) is 4.14. The third-order valence-corrected chi connectivity index (χ3v) is 6.08. The summed E-state index contributed by atoms with van der Waals surface area (Å²) in [6.45, 7) is 1.92. The van der Waals surface area contributed by atoms with Gasteiger partial charge >= 0.3 is 0 Å². The summed E-state index contributed by atoms with van der Waals surface area (Å²) in [5, 5.41) is 3.30. The molecule has 156 valence electrons. The highest BCUT2D eigenvalue weighted by Crippen LogP contribution is 2.21. The molecule has 0 aliphatic heterocycles. The molecule has 1 amide bonds. The van der Waals surface area contributed by atoms with Gasteiger partial charge in [0, 0.05) is 11.6 Å². The number of para-hydroxylation sites is 1. The van der Waals surface area contributed by atoms with Gasteiger partial charge in [-0.3, -0.25) is 9.52 Å². The molecule has 6 nitrogen and oxygen atoms in total. The van der Waals surface area contributed by atoms with E-state index in [1.807, 2.05) is 37.3 Å². The van der Waals surface area contributed by atoms with Gasteiger partial charge in [-0.15, -0.1) is 0 Å². The van der Waals surface area contributed by atoms with Crippen LogP contribution >= 0.6 is 11.6 Å². The van der Waals surface area contributed by atoms with Gasteiger partial charge in [0.2, 0.25) is 0 Å². The number of amides is 1. The minimum atomic E-state index is -3.72. The van der Waals surface area contributed by atoms with Crippen molar-refractivity contribution in [1.82, 2.24) is 5.32 Å². The number of nitrogens with one attached hydrogen (secondary N) is 2. The van der Waals surface area contributed by atoms with Crippen molar-refractivity contribution >= 4 is 33.2 Å². The van der Waals surface area contributed by atoms with Gasteiger partial charge in [0.25, 0.3) is 15.9 Å². The van der Waals surface area contributed by atoms with Crippen LogP contribution in [0.1, 0.15) is 11.1 Å². The number of aryl methyl sites for hydroxylation is 1. The van der Waals surface area contributed by atoms with Gasteiger partial charge in [0.1, 0.15) is 5.75 Å². The SMILES string of the molecule is Cc1ccccc1NS(=O)(=O)c1ccc(OCC(=O)NCc2ccccc2Cl)cc1. The summed E-state index contributed by atoms with van der Waals surface area (Å²) in [6, 6.07) is 20.2. The van der Waals surface area contributed by atoms with Crippen LogP contribution in [0.15, 0.2) is 77.7 Å². The molecule has 0 unspecified atom stereocenters. The molecule has 3 aromatic carbocycles. The van der Waals surface area contributed by atoms with Crippen LogP contribution in [-0.4, -0.2) is 20.9 Å². The Hall–Kier alpha value is -3.03. The molecule has 2 N–H and O–H groups in total. The van der Waals surface area contributed by atoms with Crippen molar-refractivity contribution in [3.63, 3.8) is 0 Å². The smallest absolute Gasteiger partial charge is 0.261 e. The van der Waals surface area contributed by atoms with Gasteiger partial charge in [-0.1, -0.05) is 48.0 Å². The largest absolute Gasteiger partial charge is 0.484 e. The molecular formula is C22H21ClN2O4S. The van der Waals surface area contributed by atoms with Gasteiger partial charge in [-0.05, 0) is 54.4 Å². The highest BCUT2D eigenvalue weighted by atomic mass is 35.5. The van der Waals surface area contributed by atoms with Gasteiger partial charge < -0.3 is 10.1 Å². The van der Waals surface area contributed by atoms with Crippen LogP contribution in [-0.2, 0) is 21.4 Å². The molecule has 0 bridgehead atoms. The Kier molecular flexibility index (Phi) is 6.97. The molecule has 0 spiro atoms. The van der Waals surface area contributed by atoms with Crippen molar-refractivity contribution in [2.75, 3.05) is 11.3 Å². The molecule has 0 aliphatic rings. The predicted molar refractivity (Wildman–Crippen MR) is 117 cm³/mol. The highest BCUT2D eigenvalue weighted by molar-refractivity contribution is 7.92. The van der Waals surface area contributed by atoms with E-state index in [4.69, 9.17) is 16.3 Å². The fourth-order valence-corrected chi connectivity index (χ4v) is 3.97. The van der Waals surface area contributed by atoms with Crippen molar-refractivity contribution in [3.8, 4) is 5.75 Å². The normalized spacial score (nSPS) is 11.0. The van der Waals surface area contributed by atoms with E-state index in [1.54, 1.807) is 18.2 Å². The van der Waals surface area contributed by atoms with Crippen LogP contribution in [0, 0.1) is 6.92 Å². The Morgan fingerprint density at radius 3 is 2.33 bits per heavy atom. The zero-order valence-corrected chi connectivity index (χ0v) is 17.8. The maximum atomic E-state index is 12.6. The summed E-state index contributed by atoms with van der Waals surface area (Å²) >= 11 is 6.06. The number of benzene rings is 3. The Morgan fingerprint density at radius 2 is 1.63 bits per heavy atom. The number of hydrogen-bond donors (Lipinski definition) is 2. The summed E-state index contributed by atoms with van der Waals surface area (Å²) in [6.07, 6.45) is 0. The van der Waals surface area contributed by atoms with Gasteiger partial charge in [-0.25, -0.2) is 8.42 Å². The van der Waals surface area contributed by atoms with Crippen molar-refractivity contribution < 1.29 is 17.9 Å². The molecule has 3 rings (SSSR count). The zero-order chi connectivity index (χ0) is 21.6. The van der Waals surface area contributed by atoms with Gasteiger partial charge in [0.05, 0.1) is 10.6 Å². The summed E-state index contributed by atoms with van der Waals surface area (Å²) < 4.78 is 33.1. The average Bonchev–Trinajstić information content (AvgIpc) is 2.73. The standard InChI is InChI=1S/C22H21ClN2O4S/c1-16-6-2-5-9-21(16)25-30(27,28)19-12-10-18(11-13-19)29-15-22(26)24-14-17-7-3-4-8-20(17)23/h2-13,25H,14-15H2,1H3,(H,24,26). The first-order valence-corrected chi connectivity index (χ1v) is 11.0. The maximum absolute atomic E-state index is 12.6. The van der Waals surface area contributed by atoms with Crippen LogP contribution in [0.4, 0.5) is 5.69 Å². The van der Waals surface area contributed by atoms with E-state index in [9.17, 15) is 13.2 Å². The quantitative estimate of drug-likeness (QED) is 0.546. The Labute approximate surface area is 180 Å². The van der Waals surface area contributed by atoms with E-state index in [0.29, 0.717) is 23.0 Å². The molecule has 0 radical (unpaired) electrons. The lowest BCUT2D eigenvalue weighted by Gasteiger charge is -2.11. The Balaban J connectivity index is 1.54. The summed E-state index contributed by atoms with van der Waals surface area (Å²) in [5.41, 5.74) is 2.15.